The summed E-state index contributed by atoms with van der Waals surface area (Å²) in [6.07, 6.45) is 12.4. The van der Waals surface area contributed by atoms with Gasteiger partial charge in [-0.15, -0.1) is 0 Å². The van der Waals surface area contributed by atoms with Gasteiger partial charge in [0, 0.05) is 5.69 Å². The van der Waals surface area contributed by atoms with Crippen LogP contribution in [0.2, 0.25) is 0 Å². The second kappa shape index (κ2) is 13.7. The number of aromatic carboxylic acids is 1. The highest BCUT2D eigenvalue weighted by Crippen LogP contribution is 2.27. The first-order valence-corrected chi connectivity index (χ1v) is 10.3. The van der Waals surface area contributed by atoms with E-state index in [-0.39, 0.29) is 11.8 Å². The van der Waals surface area contributed by atoms with Gasteiger partial charge in [-0.25, -0.2) is 0 Å². The maximum atomic E-state index is 11.8. The number of hydrogen-bond donors (Lipinski definition) is 1. The monoisotopic (exact) mass is 364 g/mol. The average Bonchev–Trinajstić information content (AvgIpc) is 2.61. The number of unbranched alkanes of at least 4 members (excludes halogenated alkanes) is 4. The maximum Gasteiger partial charge on any atom is 0.0902 e. The van der Waals surface area contributed by atoms with Crippen molar-refractivity contribution >= 4 is 5.97 Å². The van der Waals surface area contributed by atoms with Crippen LogP contribution in [0.5, 0.6) is 0 Å². The number of quaternary nitrogens is 1. The van der Waals surface area contributed by atoms with Gasteiger partial charge < -0.3 is 16.1 Å². The van der Waals surface area contributed by atoms with Crippen LogP contribution < -0.4 is 11.3 Å². The first kappa shape index (κ1) is 24.6. The van der Waals surface area contributed by atoms with Crippen molar-refractivity contribution in [2.75, 3.05) is 0 Å². The molecule has 4 heteroatoms. The molecular formula is C22H40N2O2. The van der Waals surface area contributed by atoms with E-state index in [1.807, 2.05) is 0 Å². The molecular weight excluding hydrogens is 324 g/mol. The molecule has 0 amide bonds. The van der Waals surface area contributed by atoms with Crippen LogP contribution in [-0.2, 0) is 25.7 Å². The van der Waals surface area contributed by atoms with E-state index < -0.39 is 5.97 Å². The van der Waals surface area contributed by atoms with E-state index in [2.05, 4.69) is 32.7 Å². The summed E-state index contributed by atoms with van der Waals surface area (Å²) in [6.45, 7) is 8.71. The molecule has 4 N–H and O–H groups in total. The summed E-state index contributed by atoms with van der Waals surface area (Å²) >= 11 is 0. The predicted molar refractivity (Wildman–Crippen MR) is 109 cm³/mol. The summed E-state index contributed by atoms with van der Waals surface area (Å²) in [4.78, 5) is 16.4. The first-order valence-electron chi connectivity index (χ1n) is 10.3. The van der Waals surface area contributed by atoms with Gasteiger partial charge in [0.05, 0.1) is 11.7 Å². The molecule has 0 spiro atoms. The fourth-order valence-corrected chi connectivity index (χ4v) is 3.42. The molecule has 0 saturated heterocycles. The first-order chi connectivity index (χ1) is 12.1. The second-order valence-corrected chi connectivity index (χ2v) is 7.04. The fraction of sp³-hybridized carbons (Fsp3) is 0.727. The highest BCUT2D eigenvalue weighted by Gasteiger charge is 2.19. The summed E-state index contributed by atoms with van der Waals surface area (Å²) in [7, 11) is 0. The van der Waals surface area contributed by atoms with E-state index in [1.54, 1.807) is 0 Å². The molecule has 26 heavy (non-hydrogen) atoms. The Hall–Kier alpha value is -1.42. The fourth-order valence-electron chi connectivity index (χ4n) is 3.42. The van der Waals surface area contributed by atoms with Gasteiger partial charge in [-0.05, 0) is 68.1 Å². The lowest BCUT2D eigenvalue weighted by Gasteiger charge is -2.22. The van der Waals surface area contributed by atoms with Crippen molar-refractivity contribution < 1.29 is 9.90 Å². The minimum Gasteiger partial charge on any atom is -0.543 e. The molecule has 0 atom stereocenters. The molecule has 0 radical (unpaired) electrons. The highest BCUT2D eigenvalue weighted by molar-refractivity contribution is 5.86. The number of carbonyl (C=O) groups is 1. The van der Waals surface area contributed by atoms with Crippen LogP contribution in [-0.4, -0.2) is 11.0 Å². The zero-order valence-corrected chi connectivity index (χ0v) is 17.7. The Morgan fingerprint density at radius 3 is 1.62 bits per heavy atom. The Labute approximate surface area is 160 Å². The molecule has 0 saturated carbocycles. The van der Waals surface area contributed by atoms with Crippen molar-refractivity contribution in [1.29, 1.82) is 0 Å². The maximum absolute atomic E-state index is 11.8. The van der Waals surface area contributed by atoms with Gasteiger partial charge >= 0.3 is 0 Å². The van der Waals surface area contributed by atoms with Gasteiger partial charge in [0.1, 0.15) is 0 Å². The third-order valence-electron chi connectivity index (χ3n) is 4.91. The quantitative estimate of drug-likeness (QED) is 0.522. The number of carbonyl (C=O) groups excluding carboxylic acids is 1. The summed E-state index contributed by atoms with van der Waals surface area (Å²) < 4.78 is 0. The zero-order valence-electron chi connectivity index (χ0n) is 17.7. The SMILES string of the molecule is CCCCc1nc(C(=O)[O-])c(CCCC)c(CCCC)c1CCCC.[NH4+]. The van der Waals surface area contributed by atoms with Crippen LogP contribution in [0, 0.1) is 0 Å². The standard InChI is InChI=1S/C22H37NO2.H3N/c1-5-9-13-17-18(14-10-6-2)20(16-12-8-4)23-21(22(24)25)19(17)15-11-7-3;/h5-16H2,1-4H3,(H,24,25);1H3. The Morgan fingerprint density at radius 2 is 1.15 bits per heavy atom. The van der Waals surface area contributed by atoms with Gasteiger partial charge in [-0.2, -0.15) is 0 Å². The lowest BCUT2D eigenvalue weighted by atomic mass is 9.88. The number of carboxylic acid groups (broad SMARTS) is 1. The summed E-state index contributed by atoms with van der Waals surface area (Å²) in [5.74, 6) is -1.11. The van der Waals surface area contributed by atoms with Crippen LogP contribution in [0.3, 0.4) is 0 Å². The summed E-state index contributed by atoms with van der Waals surface area (Å²) in [5, 5.41) is 11.8. The molecule has 1 rings (SSSR count). The number of nitrogens with zero attached hydrogens (tertiary/aromatic N) is 1. The molecule has 1 aromatic heterocycles. The van der Waals surface area contributed by atoms with Gasteiger partial charge in [0.25, 0.3) is 0 Å². The number of pyridine rings is 1. The minimum absolute atomic E-state index is 0. The topological polar surface area (TPSA) is 89.5 Å². The number of rotatable bonds is 13. The Balaban J connectivity index is 0.00000625. The molecule has 0 aliphatic heterocycles. The van der Waals surface area contributed by atoms with E-state index in [0.29, 0.717) is 0 Å². The molecule has 0 aliphatic carbocycles. The molecule has 1 heterocycles. The van der Waals surface area contributed by atoms with Crippen molar-refractivity contribution in [1.82, 2.24) is 11.1 Å². The number of aromatic nitrogens is 1. The molecule has 4 nitrogen and oxygen atoms in total. The van der Waals surface area contributed by atoms with Crippen LogP contribution in [0.15, 0.2) is 0 Å². The van der Waals surface area contributed by atoms with Gasteiger partial charge in [-0.3, -0.25) is 4.98 Å². The van der Waals surface area contributed by atoms with E-state index in [1.165, 1.54) is 11.1 Å². The van der Waals surface area contributed by atoms with E-state index in [9.17, 15) is 9.90 Å². The summed E-state index contributed by atoms with van der Waals surface area (Å²) in [5.41, 5.74) is 4.82. The lowest BCUT2D eigenvalue weighted by Crippen LogP contribution is -2.27. The van der Waals surface area contributed by atoms with Crippen LogP contribution in [0.4, 0.5) is 0 Å². The number of aryl methyl sites for hydroxylation is 1. The van der Waals surface area contributed by atoms with Crippen molar-refractivity contribution in [3.05, 3.63) is 28.1 Å². The molecule has 0 aliphatic rings. The van der Waals surface area contributed by atoms with Crippen molar-refractivity contribution in [3.63, 3.8) is 0 Å². The molecule has 0 fully saturated rings. The minimum atomic E-state index is -1.11. The predicted octanol–water partition coefficient (Wildman–Crippen LogP) is 5.19. The van der Waals surface area contributed by atoms with Gasteiger partial charge in [0.2, 0.25) is 0 Å². The van der Waals surface area contributed by atoms with Crippen LogP contribution in [0.25, 0.3) is 0 Å². The van der Waals surface area contributed by atoms with E-state index in [4.69, 9.17) is 0 Å². The third kappa shape index (κ3) is 7.06. The van der Waals surface area contributed by atoms with E-state index in [0.717, 1.165) is 88.3 Å². The van der Waals surface area contributed by atoms with Crippen molar-refractivity contribution in [3.8, 4) is 0 Å². The largest absolute Gasteiger partial charge is 0.543 e. The highest BCUT2D eigenvalue weighted by atomic mass is 16.4. The number of carboxylic acids is 1. The normalized spacial score (nSPS) is 10.6. The molecule has 0 unspecified atom stereocenters. The summed E-state index contributed by atoms with van der Waals surface area (Å²) in [6, 6.07) is 0. The van der Waals surface area contributed by atoms with Crippen molar-refractivity contribution in [2.45, 2.75) is 105 Å². The van der Waals surface area contributed by atoms with Crippen LogP contribution in [0.1, 0.15) is 112 Å². The van der Waals surface area contributed by atoms with Crippen LogP contribution >= 0.6 is 0 Å². The molecule has 0 bridgehead atoms. The van der Waals surface area contributed by atoms with Gasteiger partial charge in [-0.1, -0.05) is 53.4 Å². The Bertz CT molecular complexity index is 541. The average molecular weight is 365 g/mol. The Kier molecular flexibility index (Phi) is 13.0. The van der Waals surface area contributed by atoms with Crippen molar-refractivity contribution in [2.24, 2.45) is 0 Å². The molecule has 1 aromatic rings. The molecule has 0 aromatic carbocycles. The van der Waals surface area contributed by atoms with Gasteiger partial charge in [0.15, 0.2) is 0 Å². The number of hydrogen-bond acceptors (Lipinski definition) is 3. The van der Waals surface area contributed by atoms with E-state index >= 15 is 0 Å². The zero-order chi connectivity index (χ0) is 18.7. The third-order valence-corrected chi connectivity index (χ3v) is 4.91. The molecule has 150 valence electrons. The lowest BCUT2D eigenvalue weighted by molar-refractivity contribution is -0.255. The Morgan fingerprint density at radius 1 is 0.731 bits per heavy atom. The smallest absolute Gasteiger partial charge is 0.0902 e. The second-order valence-electron chi connectivity index (χ2n) is 7.04.